The lowest BCUT2D eigenvalue weighted by Gasteiger charge is -2.11. The monoisotopic (exact) mass is 203 g/mol. The van der Waals surface area contributed by atoms with Gasteiger partial charge in [0, 0.05) is 12.1 Å². The summed E-state index contributed by atoms with van der Waals surface area (Å²) in [5, 5.41) is 2.84. The Morgan fingerprint density at radius 2 is 2.27 bits per heavy atom. The summed E-state index contributed by atoms with van der Waals surface area (Å²) in [6.07, 6.45) is 2.37. The normalized spacial score (nSPS) is 16.0. The summed E-state index contributed by atoms with van der Waals surface area (Å²) >= 11 is 0. The van der Waals surface area contributed by atoms with Gasteiger partial charge in [0.15, 0.2) is 0 Å². The fourth-order valence-corrected chi connectivity index (χ4v) is 2.14. The number of hydrogen-bond donors (Lipinski definition) is 1. The first kappa shape index (κ1) is 10.2. The van der Waals surface area contributed by atoms with Crippen LogP contribution in [-0.2, 0) is 6.54 Å². The van der Waals surface area contributed by atoms with E-state index in [1.54, 1.807) is 0 Å². The molecule has 2 rings (SSSR count). The lowest BCUT2D eigenvalue weighted by Crippen LogP contribution is -2.12. The van der Waals surface area contributed by atoms with Crippen LogP contribution in [0.2, 0.25) is 0 Å². The highest BCUT2D eigenvalue weighted by molar-refractivity contribution is 5.98. The first-order valence-corrected chi connectivity index (χ1v) is 5.63. The highest BCUT2D eigenvalue weighted by atomic mass is 16.1. The highest BCUT2D eigenvalue weighted by Crippen LogP contribution is 2.25. The fraction of sp³-hybridized carbons (Fsp3) is 0.462. The number of fused-ring (bicyclic) bond motifs is 1. The Bertz CT molecular complexity index is 384. The van der Waals surface area contributed by atoms with Gasteiger partial charge in [-0.3, -0.25) is 4.79 Å². The van der Waals surface area contributed by atoms with E-state index in [-0.39, 0.29) is 5.91 Å². The Hall–Kier alpha value is -1.31. The van der Waals surface area contributed by atoms with Crippen LogP contribution in [0.1, 0.15) is 54.1 Å². The summed E-state index contributed by atoms with van der Waals surface area (Å²) in [5.74, 6) is 0.629. The predicted molar refractivity (Wildman–Crippen MR) is 60.9 cm³/mol. The molecule has 15 heavy (non-hydrogen) atoms. The van der Waals surface area contributed by atoms with Crippen molar-refractivity contribution in [1.29, 1.82) is 0 Å². The van der Waals surface area contributed by atoms with Crippen molar-refractivity contribution < 1.29 is 4.79 Å². The van der Waals surface area contributed by atoms with Crippen molar-refractivity contribution in [3.05, 3.63) is 34.9 Å². The van der Waals surface area contributed by atoms with E-state index in [1.807, 2.05) is 0 Å². The van der Waals surface area contributed by atoms with Crippen LogP contribution >= 0.6 is 0 Å². The van der Waals surface area contributed by atoms with Gasteiger partial charge in [-0.2, -0.15) is 0 Å². The molecule has 0 spiro atoms. The van der Waals surface area contributed by atoms with Gasteiger partial charge in [0.25, 0.3) is 5.91 Å². The number of benzene rings is 1. The molecular weight excluding hydrogens is 186 g/mol. The minimum Gasteiger partial charge on any atom is -0.348 e. The number of nitrogens with one attached hydrogen (secondary N) is 1. The summed E-state index contributed by atoms with van der Waals surface area (Å²) in [7, 11) is 0. The number of amides is 1. The first-order chi connectivity index (χ1) is 7.22. The summed E-state index contributed by atoms with van der Waals surface area (Å²) in [4.78, 5) is 11.5. The summed E-state index contributed by atoms with van der Waals surface area (Å²) in [6, 6.07) is 6.28. The molecule has 1 unspecified atom stereocenters. The second-order valence-corrected chi connectivity index (χ2v) is 4.29. The van der Waals surface area contributed by atoms with Crippen molar-refractivity contribution in [3.8, 4) is 0 Å². The standard InChI is InChI=1S/C13H17NO/c1-3-4-9(2)10-5-6-11-8-14-13(15)12(11)7-10/h5-7,9H,3-4,8H2,1-2H3,(H,14,15). The summed E-state index contributed by atoms with van der Waals surface area (Å²) in [5.41, 5.74) is 3.29. The molecule has 1 aromatic rings. The van der Waals surface area contributed by atoms with Gasteiger partial charge in [-0.1, -0.05) is 32.4 Å². The number of carbonyl (C=O) groups excluding carboxylic acids is 1. The molecule has 0 aliphatic carbocycles. The van der Waals surface area contributed by atoms with Crippen LogP contribution in [-0.4, -0.2) is 5.91 Å². The Morgan fingerprint density at radius 1 is 1.47 bits per heavy atom. The minimum absolute atomic E-state index is 0.0792. The van der Waals surface area contributed by atoms with E-state index in [0.717, 1.165) is 11.1 Å². The lowest BCUT2D eigenvalue weighted by molar-refractivity contribution is 0.0965. The third kappa shape index (κ3) is 1.89. The minimum atomic E-state index is 0.0792. The molecule has 80 valence electrons. The first-order valence-electron chi connectivity index (χ1n) is 5.63. The third-order valence-corrected chi connectivity index (χ3v) is 3.11. The summed E-state index contributed by atoms with van der Waals surface area (Å²) < 4.78 is 0. The van der Waals surface area contributed by atoms with Crippen molar-refractivity contribution in [2.45, 2.75) is 39.2 Å². The van der Waals surface area contributed by atoms with E-state index < -0.39 is 0 Å². The number of carbonyl (C=O) groups is 1. The lowest BCUT2D eigenvalue weighted by atomic mass is 9.94. The average Bonchev–Trinajstić information content (AvgIpc) is 2.60. The zero-order chi connectivity index (χ0) is 10.8. The maximum atomic E-state index is 11.5. The van der Waals surface area contributed by atoms with E-state index >= 15 is 0 Å². The van der Waals surface area contributed by atoms with Crippen molar-refractivity contribution in [3.63, 3.8) is 0 Å². The molecule has 0 fully saturated rings. The maximum absolute atomic E-state index is 11.5. The molecule has 1 aliphatic heterocycles. The van der Waals surface area contributed by atoms with Crippen molar-refractivity contribution in [2.75, 3.05) is 0 Å². The molecule has 2 nitrogen and oxygen atoms in total. The van der Waals surface area contributed by atoms with Gasteiger partial charge in [0.2, 0.25) is 0 Å². The zero-order valence-electron chi connectivity index (χ0n) is 9.34. The van der Waals surface area contributed by atoms with E-state index in [1.165, 1.54) is 18.4 Å². The van der Waals surface area contributed by atoms with Crippen LogP contribution < -0.4 is 5.32 Å². The van der Waals surface area contributed by atoms with Gasteiger partial charge in [0.1, 0.15) is 0 Å². The molecule has 1 aromatic carbocycles. The van der Waals surface area contributed by atoms with E-state index in [9.17, 15) is 4.79 Å². The van der Waals surface area contributed by atoms with E-state index in [2.05, 4.69) is 37.4 Å². The maximum Gasteiger partial charge on any atom is 0.251 e. The van der Waals surface area contributed by atoms with Crippen LogP contribution in [0.25, 0.3) is 0 Å². The van der Waals surface area contributed by atoms with Gasteiger partial charge >= 0.3 is 0 Å². The third-order valence-electron chi connectivity index (χ3n) is 3.11. The van der Waals surface area contributed by atoms with Gasteiger partial charge < -0.3 is 5.32 Å². The van der Waals surface area contributed by atoms with Gasteiger partial charge in [-0.05, 0) is 29.5 Å². The molecule has 1 heterocycles. The quantitative estimate of drug-likeness (QED) is 0.804. The molecular formula is C13H17NO. The van der Waals surface area contributed by atoms with Crippen LogP contribution in [0, 0.1) is 0 Å². The van der Waals surface area contributed by atoms with Gasteiger partial charge in [0.05, 0.1) is 0 Å². The number of rotatable bonds is 3. The van der Waals surface area contributed by atoms with E-state index in [4.69, 9.17) is 0 Å². The topological polar surface area (TPSA) is 29.1 Å². The highest BCUT2D eigenvalue weighted by Gasteiger charge is 2.19. The molecule has 2 heteroatoms. The van der Waals surface area contributed by atoms with Gasteiger partial charge in [-0.15, -0.1) is 0 Å². The van der Waals surface area contributed by atoms with Crippen LogP contribution in [0.5, 0.6) is 0 Å². The second-order valence-electron chi connectivity index (χ2n) is 4.29. The zero-order valence-corrected chi connectivity index (χ0v) is 9.34. The van der Waals surface area contributed by atoms with Crippen LogP contribution in [0.4, 0.5) is 0 Å². The Morgan fingerprint density at radius 3 is 3.00 bits per heavy atom. The van der Waals surface area contributed by atoms with E-state index in [0.29, 0.717) is 12.5 Å². The molecule has 0 bridgehead atoms. The molecule has 1 aliphatic rings. The Kier molecular flexibility index (Phi) is 2.76. The Balaban J connectivity index is 2.29. The number of hydrogen-bond acceptors (Lipinski definition) is 1. The molecule has 1 atom stereocenters. The molecule has 0 aromatic heterocycles. The van der Waals surface area contributed by atoms with Crippen molar-refractivity contribution in [2.24, 2.45) is 0 Å². The molecule has 0 saturated carbocycles. The SMILES string of the molecule is CCCC(C)c1ccc2c(c1)C(=O)NC2. The largest absolute Gasteiger partial charge is 0.348 e. The van der Waals surface area contributed by atoms with Crippen LogP contribution in [0.3, 0.4) is 0 Å². The second kappa shape index (κ2) is 4.05. The molecule has 1 amide bonds. The van der Waals surface area contributed by atoms with Crippen molar-refractivity contribution >= 4 is 5.91 Å². The molecule has 0 radical (unpaired) electrons. The summed E-state index contributed by atoms with van der Waals surface area (Å²) in [6.45, 7) is 5.10. The Labute approximate surface area is 90.7 Å². The van der Waals surface area contributed by atoms with Crippen molar-refractivity contribution in [1.82, 2.24) is 5.32 Å². The average molecular weight is 203 g/mol. The predicted octanol–water partition coefficient (Wildman–Crippen LogP) is 2.83. The van der Waals surface area contributed by atoms with Crippen LogP contribution in [0.15, 0.2) is 18.2 Å². The molecule has 0 saturated heterocycles. The molecule has 1 N–H and O–H groups in total. The van der Waals surface area contributed by atoms with Gasteiger partial charge in [-0.25, -0.2) is 0 Å². The smallest absolute Gasteiger partial charge is 0.251 e. The fourth-order valence-electron chi connectivity index (χ4n) is 2.14.